The first-order valence-corrected chi connectivity index (χ1v) is 7.93. The van der Waals surface area contributed by atoms with Gasteiger partial charge in [-0.3, -0.25) is 9.59 Å². The van der Waals surface area contributed by atoms with E-state index in [-0.39, 0.29) is 5.75 Å². The summed E-state index contributed by atoms with van der Waals surface area (Å²) in [5.41, 5.74) is 3.73. The molecule has 0 saturated carbocycles. The van der Waals surface area contributed by atoms with Crippen LogP contribution in [0.3, 0.4) is 0 Å². The second-order valence-corrected chi connectivity index (χ2v) is 6.14. The Bertz CT molecular complexity index is 824. The Labute approximate surface area is 151 Å². The molecule has 0 unspecified atom stereocenters. The molecule has 0 atom stereocenters. The van der Waals surface area contributed by atoms with E-state index in [0.717, 1.165) is 10.0 Å². The van der Waals surface area contributed by atoms with Crippen LogP contribution in [0.4, 0.5) is 5.69 Å². The number of aromatic hydroxyl groups is 1. The first kappa shape index (κ1) is 18.0. The van der Waals surface area contributed by atoms with Gasteiger partial charge in [-0.05, 0) is 42.8 Å². The molecule has 0 aliphatic heterocycles. The minimum absolute atomic E-state index is 0.00468. The highest BCUT2D eigenvalue weighted by Crippen LogP contribution is 2.20. The predicted octanol–water partition coefficient (Wildman–Crippen LogP) is 3.21. The van der Waals surface area contributed by atoms with Gasteiger partial charge in [0.25, 0.3) is 0 Å². The molecule has 2 aromatic carbocycles. The third kappa shape index (κ3) is 4.81. The van der Waals surface area contributed by atoms with Crippen molar-refractivity contribution in [2.45, 2.75) is 6.92 Å². The molecule has 0 radical (unpaired) electrons. The summed E-state index contributed by atoms with van der Waals surface area (Å²) < 4.78 is 0.738. The van der Waals surface area contributed by atoms with E-state index in [1.165, 1.54) is 12.3 Å². The van der Waals surface area contributed by atoms with Crippen LogP contribution >= 0.6 is 27.5 Å². The molecule has 0 aliphatic carbocycles. The summed E-state index contributed by atoms with van der Waals surface area (Å²) in [6.07, 6.45) is 1.23. The van der Waals surface area contributed by atoms with E-state index >= 15 is 0 Å². The maximum atomic E-state index is 11.8. The van der Waals surface area contributed by atoms with Gasteiger partial charge in [0, 0.05) is 20.7 Å². The number of phenols is 1. The van der Waals surface area contributed by atoms with E-state index in [9.17, 15) is 14.7 Å². The number of carbonyl (C=O) groups is 2. The highest BCUT2D eigenvalue weighted by Gasteiger charge is 2.13. The van der Waals surface area contributed by atoms with Crippen LogP contribution in [0.15, 0.2) is 46.0 Å². The third-order valence-corrected chi connectivity index (χ3v) is 3.90. The topological polar surface area (TPSA) is 90.8 Å². The molecule has 24 heavy (non-hydrogen) atoms. The number of hydrogen-bond donors (Lipinski definition) is 3. The van der Waals surface area contributed by atoms with E-state index in [1.807, 2.05) is 6.92 Å². The van der Waals surface area contributed by atoms with E-state index in [0.29, 0.717) is 16.3 Å². The largest absolute Gasteiger partial charge is 0.507 e. The van der Waals surface area contributed by atoms with Crippen molar-refractivity contribution in [1.29, 1.82) is 0 Å². The summed E-state index contributed by atoms with van der Waals surface area (Å²) >= 11 is 9.21. The highest BCUT2D eigenvalue weighted by molar-refractivity contribution is 9.10. The van der Waals surface area contributed by atoms with E-state index in [2.05, 4.69) is 31.8 Å². The van der Waals surface area contributed by atoms with Gasteiger partial charge in [0.05, 0.1) is 6.21 Å². The number of amides is 2. The standard InChI is InChI=1S/C16H13BrClN3O3/c1-9-2-4-12(7-13(9)18)20-15(23)16(24)21-19-8-10-6-11(17)3-5-14(10)22/h2-8,22H,1H3,(H,20,23)(H,21,24). The van der Waals surface area contributed by atoms with Crippen LogP contribution in [0.5, 0.6) is 5.75 Å². The normalized spacial score (nSPS) is 10.6. The molecule has 3 N–H and O–H groups in total. The Hall–Kier alpha value is -2.38. The summed E-state index contributed by atoms with van der Waals surface area (Å²) in [6.45, 7) is 1.83. The van der Waals surface area contributed by atoms with Crippen LogP contribution in [-0.2, 0) is 9.59 Å². The lowest BCUT2D eigenvalue weighted by Gasteiger charge is -2.05. The summed E-state index contributed by atoms with van der Waals surface area (Å²) in [7, 11) is 0. The number of carbonyl (C=O) groups excluding carboxylic acids is 2. The van der Waals surface area contributed by atoms with Crippen molar-refractivity contribution in [3.63, 3.8) is 0 Å². The number of halogens is 2. The lowest BCUT2D eigenvalue weighted by atomic mass is 10.2. The van der Waals surface area contributed by atoms with Crippen molar-refractivity contribution in [2.75, 3.05) is 5.32 Å². The van der Waals surface area contributed by atoms with Crippen LogP contribution in [0.2, 0.25) is 5.02 Å². The molecule has 6 nitrogen and oxygen atoms in total. The molecule has 2 rings (SSSR count). The van der Waals surface area contributed by atoms with Gasteiger partial charge in [0.15, 0.2) is 0 Å². The van der Waals surface area contributed by atoms with Gasteiger partial charge >= 0.3 is 11.8 Å². The lowest BCUT2D eigenvalue weighted by molar-refractivity contribution is -0.136. The summed E-state index contributed by atoms with van der Waals surface area (Å²) in [6, 6.07) is 9.65. The predicted molar refractivity (Wildman–Crippen MR) is 96.4 cm³/mol. The summed E-state index contributed by atoms with van der Waals surface area (Å²) in [5.74, 6) is -1.84. The molecule has 0 heterocycles. The number of nitrogens with one attached hydrogen (secondary N) is 2. The first-order valence-electron chi connectivity index (χ1n) is 6.76. The second-order valence-electron chi connectivity index (χ2n) is 4.82. The molecule has 2 aromatic rings. The lowest BCUT2D eigenvalue weighted by Crippen LogP contribution is -2.32. The smallest absolute Gasteiger partial charge is 0.329 e. The first-order chi connectivity index (χ1) is 11.4. The fraction of sp³-hybridized carbons (Fsp3) is 0.0625. The molecular formula is C16H13BrClN3O3. The van der Waals surface area contributed by atoms with Crippen LogP contribution in [-0.4, -0.2) is 23.1 Å². The number of nitrogens with zero attached hydrogens (tertiary/aromatic N) is 1. The number of hydrogen-bond acceptors (Lipinski definition) is 4. The van der Waals surface area contributed by atoms with Crippen LogP contribution in [0.25, 0.3) is 0 Å². The molecule has 0 fully saturated rings. The van der Waals surface area contributed by atoms with Gasteiger partial charge in [-0.25, -0.2) is 5.43 Å². The SMILES string of the molecule is Cc1ccc(NC(=O)C(=O)NN=Cc2cc(Br)ccc2O)cc1Cl. The summed E-state index contributed by atoms with van der Waals surface area (Å²) in [5, 5.41) is 16.2. The zero-order valence-corrected chi connectivity index (χ0v) is 14.9. The van der Waals surface area contributed by atoms with E-state index < -0.39 is 11.8 Å². The van der Waals surface area contributed by atoms with Crippen molar-refractivity contribution in [1.82, 2.24) is 5.43 Å². The van der Waals surface area contributed by atoms with Crippen molar-refractivity contribution in [2.24, 2.45) is 5.10 Å². The van der Waals surface area contributed by atoms with E-state index in [4.69, 9.17) is 11.6 Å². The van der Waals surface area contributed by atoms with Crippen LogP contribution in [0, 0.1) is 6.92 Å². The van der Waals surface area contributed by atoms with Gasteiger partial charge in [0.2, 0.25) is 0 Å². The van der Waals surface area contributed by atoms with E-state index in [1.54, 1.807) is 30.3 Å². The van der Waals surface area contributed by atoms with Crippen molar-refractivity contribution in [3.05, 3.63) is 57.0 Å². The Morgan fingerprint density at radius 3 is 2.67 bits per heavy atom. The molecule has 0 aliphatic rings. The minimum atomic E-state index is -0.947. The number of anilines is 1. The number of phenolic OH excluding ortho intramolecular Hbond substituents is 1. The van der Waals surface area contributed by atoms with Crippen LogP contribution < -0.4 is 10.7 Å². The quantitative estimate of drug-likeness (QED) is 0.412. The molecule has 0 bridgehead atoms. The second kappa shape index (κ2) is 7.94. The van der Waals surface area contributed by atoms with Crippen molar-refractivity contribution in [3.8, 4) is 5.75 Å². The number of rotatable bonds is 3. The fourth-order valence-corrected chi connectivity index (χ4v) is 2.26. The third-order valence-electron chi connectivity index (χ3n) is 3.00. The van der Waals surface area contributed by atoms with Gasteiger partial charge in [0.1, 0.15) is 5.75 Å². The monoisotopic (exact) mass is 409 g/mol. The average Bonchev–Trinajstić information content (AvgIpc) is 2.54. The fourth-order valence-electron chi connectivity index (χ4n) is 1.70. The molecule has 2 amide bonds. The van der Waals surface area contributed by atoms with Gasteiger partial charge < -0.3 is 10.4 Å². The zero-order valence-electron chi connectivity index (χ0n) is 12.5. The molecule has 124 valence electrons. The Balaban J connectivity index is 1.96. The minimum Gasteiger partial charge on any atom is -0.507 e. The maximum absolute atomic E-state index is 11.8. The van der Waals surface area contributed by atoms with Crippen molar-refractivity contribution >= 4 is 51.2 Å². The average molecular weight is 411 g/mol. The molecule has 8 heteroatoms. The summed E-state index contributed by atoms with van der Waals surface area (Å²) in [4.78, 5) is 23.5. The zero-order chi connectivity index (χ0) is 17.7. The number of benzene rings is 2. The Morgan fingerprint density at radius 1 is 1.21 bits per heavy atom. The van der Waals surface area contributed by atoms with Crippen molar-refractivity contribution < 1.29 is 14.7 Å². The number of aryl methyl sites for hydroxylation is 1. The van der Waals surface area contributed by atoms with Crippen LogP contribution in [0.1, 0.15) is 11.1 Å². The van der Waals surface area contributed by atoms with Gasteiger partial charge in [-0.2, -0.15) is 5.10 Å². The maximum Gasteiger partial charge on any atom is 0.329 e. The molecule has 0 aromatic heterocycles. The molecule has 0 spiro atoms. The number of hydrazone groups is 1. The van der Waals surface area contributed by atoms with Gasteiger partial charge in [-0.15, -0.1) is 0 Å². The van der Waals surface area contributed by atoms with Gasteiger partial charge in [-0.1, -0.05) is 33.6 Å². The Kier molecular flexibility index (Phi) is 5.94. The molecule has 0 saturated heterocycles. The molecular weight excluding hydrogens is 398 g/mol. The Morgan fingerprint density at radius 2 is 1.96 bits per heavy atom. The highest BCUT2D eigenvalue weighted by atomic mass is 79.9.